The van der Waals surface area contributed by atoms with Crippen LogP contribution in [0, 0.1) is 17.3 Å². The fourth-order valence-corrected chi connectivity index (χ4v) is 2.72. The van der Waals surface area contributed by atoms with E-state index in [1.54, 1.807) is 0 Å². The Morgan fingerprint density at radius 3 is 2.47 bits per heavy atom. The number of nitrogens with one attached hydrogen (secondary N) is 1. The Bertz CT molecular complexity index is 294. The van der Waals surface area contributed by atoms with Crippen molar-refractivity contribution in [3.8, 4) is 0 Å². The van der Waals surface area contributed by atoms with Gasteiger partial charge in [0, 0.05) is 24.5 Å². The lowest BCUT2D eigenvalue weighted by Crippen LogP contribution is -2.53. The van der Waals surface area contributed by atoms with E-state index in [9.17, 15) is 4.79 Å². The molecule has 1 amide bonds. The zero-order valence-electron chi connectivity index (χ0n) is 13.6. The molecule has 1 fully saturated rings. The quantitative estimate of drug-likeness (QED) is 0.850. The fraction of sp³-hybridized carbons (Fsp3) is 0.938. The average Bonchev–Trinajstić information content (AvgIpc) is 2.25. The van der Waals surface area contributed by atoms with Crippen LogP contribution in [0.2, 0.25) is 0 Å². The Hall–Kier alpha value is -0.570. The third-order valence-corrected chi connectivity index (χ3v) is 3.74. The number of amides is 1. The second-order valence-corrected chi connectivity index (χ2v) is 7.63. The largest absolute Gasteiger partial charge is 0.340 e. The maximum atomic E-state index is 12.4. The molecule has 2 atom stereocenters. The highest BCUT2D eigenvalue weighted by Gasteiger charge is 2.33. The number of hydrogen-bond donors (Lipinski definition) is 1. The molecule has 2 unspecified atom stereocenters. The van der Waals surface area contributed by atoms with Crippen LogP contribution < -0.4 is 5.32 Å². The Labute approximate surface area is 119 Å². The predicted molar refractivity (Wildman–Crippen MR) is 81.1 cm³/mol. The molecule has 0 aromatic carbocycles. The smallest absolute Gasteiger partial charge is 0.228 e. The van der Waals surface area contributed by atoms with Gasteiger partial charge in [-0.05, 0) is 31.2 Å². The predicted octanol–water partition coefficient (Wildman–Crippen LogP) is 2.91. The van der Waals surface area contributed by atoms with Crippen molar-refractivity contribution in [1.82, 2.24) is 10.2 Å². The van der Waals surface area contributed by atoms with Gasteiger partial charge in [-0.15, -0.1) is 0 Å². The maximum Gasteiger partial charge on any atom is 0.228 e. The van der Waals surface area contributed by atoms with E-state index in [4.69, 9.17) is 0 Å². The number of piperidine rings is 1. The van der Waals surface area contributed by atoms with Crippen LogP contribution in [-0.4, -0.2) is 36.5 Å². The van der Waals surface area contributed by atoms with Crippen LogP contribution in [0.5, 0.6) is 0 Å². The summed E-state index contributed by atoms with van der Waals surface area (Å²) in [6.07, 6.45) is 2.39. The lowest BCUT2D eigenvalue weighted by Gasteiger charge is -2.39. The minimum Gasteiger partial charge on any atom is -0.340 e. The number of hydrogen-bond acceptors (Lipinski definition) is 2. The molecule has 3 nitrogen and oxygen atoms in total. The molecule has 0 spiro atoms. The van der Waals surface area contributed by atoms with Crippen LogP contribution in [0.25, 0.3) is 0 Å². The van der Waals surface area contributed by atoms with Crippen LogP contribution in [0.3, 0.4) is 0 Å². The van der Waals surface area contributed by atoms with Crippen LogP contribution in [-0.2, 0) is 4.79 Å². The molecule has 1 heterocycles. The summed E-state index contributed by atoms with van der Waals surface area (Å²) in [6.45, 7) is 15.6. The molecule has 1 saturated heterocycles. The van der Waals surface area contributed by atoms with Crippen molar-refractivity contribution in [2.45, 2.75) is 60.4 Å². The van der Waals surface area contributed by atoms with Crippen molar-refractivity contribution in [2.24, 2.45) is 17.3 Å². The van der Waals surface area contributed by atoms with Crippen molar-refractivity contribution >= 4 is 5.91 Å². The Morgan fingerprint density at radius 2 is 1.95 bits per heavy atom. The lowest BCUT2D eigenvalue weighted by molar-refractivity contribution is -0.141. The van der Waals surface area contributed by atoms with Crippen molar-refractivity contribution in [1.29, 1.82) is 0 Å². The van der Waals surface area contributed by atoms with E-state index in [2.05, 4.69) is 31.0 Å². The summed E-state index contributed by atoms with van der Waals surface area (Å²) in [4.78, 5) is 14.4. The van der Waals surface area contributed by atoms with Gasteiger partial charge in [-0.2, -0.15) is 0 Å². The number of rotatable bonds is 4. The molecule has 1 rings (SSSR count). The van der Waals surface area contributed by atoms with Gasteiger partial charge in [0.05, 0.1) is 0 Å². The highest BCUT2D eigenvalue weighted by molar-refractivity contribution is 5.81. The normalized spacial score (nSPS) is 24.9. The second-order valence-electron chi connectivity index (χ2n) is 7.63. The topological polar surface area (TPSA) is 32.3 Å². The van der Waals surface area contributed by atoms with Crippen molar-refractivity contribution < 1.29 is 4.79 Å². The molecule has 0 saturated carbocycles. The summed E-state index contributed by atoms with van der Waals surface area (Å²) in [5.41, 5.74) is -0.264. The highest BCUT2D eigenvalue weighted by Crippen LogP contribution is 2.23. The summed E-state index contributed by atoms with van der Waals surface area (Å²) in [7, 11) is 0. The maximum absolute atomic E-state index is 12.4. The van der Waals surface area contributed by atoms with E-state index in [-0.39, 0.29) is 11.3 Å². The van der Waals surface area contributed by atoms with Crippen LogP contribution >= 0.6 is 0 Å². The number of carbonyl (C=O) groups is 1. The fourth-order valence-electron chi connectivity index (χ4n) is 2.72. The summed E-state index contributed by atoms with van der Waals surface area (Å²) < 4.78 is 0. The summed E-state index contributed by atoms with van der Waals surface area (Å²) in [6, 6.07) is 0.466. The van der Waals surface area contributed by atoms with E-state index in [0.29, 0.717) is 12.0 Å². The van der Waals surface area contributed by atoms with E-state index < -0.39 is 0 Å². The molecule has 0 aliphatic carbocycles. The third kappa shape index (κ3) is 5.52. The summed E-state index contributed by atoms with van der Waals surface area (Å²) in [5, 5.41) is 3.63. The first kappa shape index (κ1) is 16.5. The summed E-state index contributed by atoms with van der Waals surface area (Å²) in [5.74, 6) is 1.62. The Morgan fingerprint density at radius 1 is 1.32 bits per heavy atom. The van der Waals surface area contributed by atoms with Crippen molar-refractivity contribution in [2.75, 3.05) is 19.6 Å². The zero-order valence-corrected chi connectivity index (χ0v) is 13.6. The van der Waals surface area contributed by atoms with Crippen LogP contribution in [0.4, 0.5) is 0 Å². The number of carbonyl (C=O) groups excluding carboxylic acids is 1. The monoisotopic (exact) mass is 268 g/mol. The van der Waals surface area contributed by atoms with E-state index in [0.717, 1.165) is 25.6 Å². The minimum absolute atomic E-state index is 0.264. The molecule has 0 bridgehead atoms. The first-order valence-corrected chi connectivity index (χ1v) is 7.73. The molecule has 0 aromatic heterocycles. The van der Waals surface area contributed by atoms with Crippen molar-refractivity contribution in [3.63, 3.8) is 0 Å². The standard InChI is InChI=1S/C16H32N2O/c1-12(2)7-8-17-14-9-13(3)10-18(11-14)15(19)16(4,5)6/h12-14,17H,7-11H2,1-6H3. The minimum atomic E-state index is -0.264. The van der Waals surface area contributed by atoms with Gasteiger partial charge in [0.25, 0.3) is 0 Å². The van der Waals surface area contributed by atoms with Crippen LogP contribution in [0.15, 0.2) is 0 Å². The SMILES string of the molecule is CC(C)CCNC1CC(C)CN(C(=O)C(C)(C)C)C1. The van der Waals surface area contributed by atoms with E-state index in [1.165, 1.54) is 12.8 Å². The number of likely N-dealkylation sites (tertiary alicyclic amines) is 1. The third-order valence-electron chi connectivity index (χ3n) is 3.74. The van der Waals surface area contributed by atoms with Gasteiger partial charge in [0.1, 0.15) is 0 Å². The van der Waals surface area contributed by atoms with Gasteiger partial charge in [-0.3, -0.25) is 4.79 Å². The lowest BCUT2D eigenvalue weighted by atomic mass is 9.90. The molecular formula is C16H32N2O. The van der Waals surface area contributed by atoms with Gasteiger partial charge in [0.15, 0.2) is 0 Å². The molecule has 0 radical (unpaired) electrons. The zero-order chi connectivity index (χ0) is 14.6. The highest BCUT2D eigenvalue weighted by atomic mass is 16.2. The molecule has 0 aromatic rings. The molecule has 112 valence electrons. The molecule has 3 heteroatoms. The Balaban J connectivity index is 2.51. The number of nitrogens with zero attached hydrogens (tertiary/aromatic N) is 1. The van der Waals surface area contributed by atoms with Gasteiger partial charge in [-0.1, -0.05) is 41.5 Å². The van der Waals surface area contributed by atoms with Gasteiger partial charge < -0.3 is 10.2 Å². The first-order valence-electron chi connectivity index (χ1n) is 7.73. The molecule has 1 aliphatic heterocycles. The van der Waals surface area contributed by atoms with Gasteiger partial charge in [-0.25, -0.2) is 0 Å². The van der Waals surface area contributed by atoms with E-state index >= 15 is 0 Å². The molecule has 1 aliphatic rings. The van der Waals surface area contributed by atoms with Crippen molar-refractivity contribution in [3.05, 3.63) is 0 Å². The average molecular weight is 268 g/mol. The first-order chi connectivity index (χ1) is 8.70. The Kier molecular flexibility index (Phi) is 5.84. The second kappa shape index (κ2) is 6.74. The molecular weight excluding hydrogens is 236 g/mol. The van der Waals surface area contributed by atoms with Crippen LogP contribution in [0.1, 0.15) is 54.4 Å². The van der Waals surface area contributed by atoms with Gasteiger partial charge in [0.2, 0.25) is 5.91 Å². The van der Waals surface area contributed by atoms with Gasteiger partial charge >= 0.3 is 0 Å². The van der Waals surface area contributed by atoms with E-state index in [1.807, 2.05) is 20.8 Å². The summed E-state index contributed by atoms with van der Waals surface area (Å²) >= 11 is 0. The molecule has 1 N–H and O–H groups in total. The molecule has 19 heavy (non-hydrogen) atoms.